The molecule has 1 aromatic heterocycles. The second kappa shape index (κ2) is 7.00. The number of carbonyl (C=O) groups excluding carboxylic acids is 1. The first-order chi connectivity index (χ1) is 12.0. The van der Waals surface area contributed by atoms with Crippen LogP contribution in [0.2, 0.25) is 0 Å². The van der Waals surface area contributed by atoms with Gasteiger partial charge in [0.05, 0.1) is 23.6 Å². The third kappa shape index (κ3) is 3.92. The van der Waals surface area contributed by atoms with Crippen molar-refractivity contribution in [2.75, 3.05) is 5.32 Å². The lowest BCUT2D eigenvalue weighted by atomic mass is 10.2. The number of amides is 1. The van der Waals surface area contributed by atoms with Crippen LogP contribution in [0.1, 0.15) is 10.4 Å². The van der Waals surface area contributed by atoms with Gasteiger partial charge in [0.2, 0.25) is 0 Å². The zero-order chi connectivity index (χ0) is 17.8. The molecule has 0 aliphatic heterocycles. The first kappa shape index (κ1) is 16.4. The van der Waals surface area contributed by atoms with Crippen LogP contribution in [-0.4, -0.2) is 15.9 Å². The molecule has 0 saturated heterocycles. The van der Waals surface area contributed by atoms with Gasteiger partial charge in [-0.2, -0.15) is 0 Å². The average Bonchev–Trinajstić information content (AvgIpc) is 2.58. The van der Waals surface area contributed by atoms with Crippen molar-refractivity contribution in [3.05, 3.63) is 77.9 Å². The van der Waals surface area contributed by atoms with Gasteiger partial charge in [0.25, 0.3) is 5.91 Å². The Kier molecular flexibility index (Phi) is 4.60. The highest BCUT2D eigenvalue weighted by Gasteiger charge is 2.13. The maximum absolute atomic E-state index is 13.6. The summed E-state index contributed by atoms with van der Waals surface area (Å²) in [5.41, 5.74) is -0.164. The maximum Gasteiger partial charge on any atom is 0.322 e. The standard InChI is InChI=1S/C17H10F3N3O2/c18-10-5-6-12(14(20)7-10)16(24)23-11-8-21-17(22-9-11)25-15-4-2-1-3-13(15)19/h1-9H,(H,23,24). The van der Waals surface area contributed by atoms with Crippen LogP contribution in [0.15, 0.2) is 54.9 Å². The Morgan fingerprint density at radius 3 is 2.36 bits per heavy atom. The van der Waals surface area contributed by atoms with Crippen LogP contribution < -0.4 is 10.1 Å². The van der Waals surface area contributed by atoms with Gasteiger partial charge in [-0.05, 0) is 24.3 Å². The number of para-hydroxylation sites is 1. The van der Waals surface area contributed by atoms with Crippen LogP contribution in [0.4, 0.5) is 18.9 Å². The number of aromatic nitrogens is 2. The summed E-state index contributed by atoms with van der Waals surface area (Å²) >= 11 is 0. The van der Waals surface area contributed by atoms with E-state index >= 15 is 0 Å². The summed E-state index contributed by atoms with van der Waals surface area (Å²) < 4.78 is 45.1. The lowest BCUT2D eigenvalue weighted by Gasteiger charge is -2.07. The van der Waals surface area contributed by atoms with Crippen LogP contribution in [0.25, 0.3) is 0 Å². The molecular formula is C17H10F3N3O2. The van der Waals surface area contributed by atoms with Crippen LogP contribution >= 0.6 is 0 Å². The van der Waals surface area contributed by atoms with Crippen LogP contribution in [0.3, 0.4) is 0 Å². The summed E-state index contributed by atoms with van der Waals surface area (Å²) in [6, 6.07) is 8.21. The van der Waals surface area contributed by atoms with Crippen molar-refractivity contribution in [1.82, 2.24) is 9.97 Å². The largest absolute Gasteiger partial charge is 0.421 e. The minimum absolute atomic E-state index is 0.0485. The number of halogens is 3. The normalized spacial score (nSPS) is 10.4. The third-order valence-corrected chi connectivity index (χ3v) is 3.10. The van der Waals surface area contributed by atoms with Crippen molar-refractivity contribution < 1.29 is 22.7 Å². The Labute approximate surface area is 140 Å². The summed E-state index contributed by atoms with van der Waals surface area (Å²) in [5.74, 6) is -3.18. The molecule has 1 N–H and O–H groups in total. The number of hydrogen-bond acceptors (Lipinski definition) is 4. The maximum atomic E-state index is 13.6. The van der Waals surface area contributed by atoms with E-state index in [0.29, 0.717) is 6.07 Å². The smallest absolute Gasteiger partial charge is 0.322 e. The molecule has 0 atom stereocenters. The Morgan fingerprint density at radius 1 is 0.960 bits per heavy atom. The SMILES string of the molecule is O=C(Nc1cnc(Oc2ccccc2F)nc1)c1ccc(F)cc1F. The first-order valence-corrected chi connectivity index (χ1v) is 7.04. The highest BCUT2D eigenvalue weighted by atomic mass is 19.1. The summed E-state index contributed by atoms with van der Waals surface area (Å²) in [7, 11) is 0. The van der Waals surface area contributed by atoms with E-state index in [1.165, 1.54) is 30.6 Å². The minimum atomic E-state index is -0.988. The summed E-state index contributed by atoms with van der Waals surface area (Å²) in [6.45, 7) is 0. The Morgan fingerprint density at radius 2 is 1.68 bits per heavy atom. The highest BCUT2D eigenvalue weighted by molar-refractivity contribution is 6.04. The molecule has 0 spiro atoms. The summed E-state index contributed by atoms with van der Waals surface area (Å²) in [4.78, 5) is 19.6. The van der Waals surface area contributed by atoms with Crippen LogP contribution in [-0.2, 0) is 0 Å². The minimum Gasteiger partial charge on any atom is -0.421 e. The van der Waals surface area contributed by atoms with Gasteiger partial charge >= 0.3 is 6.01 Å². The second-order valence-corrected chi connectivity index (χ2v) is 4.87. The van der Waals surface area contributed by atoms with Gasteiger partial charge in [0.15, 0.2) is 11.6 Å². The fourth-order valence-electron chi connectivity index (χ4n) is 1.93. The van der Waals surface area contributed by atoms with Gasteiger partial charge in [-0.1, -0.05) is 12.1 Å². The van der Waals surface area contributed by atoms with Crippen molar-refractivity contribution in [3.8, 4) is 11.8 Å². The fourth-order valence-corrected chi connectivity index (χ4v) is 1.93. The van der Waals surface area contributed by atoms with Gasteiger partial charge in [-0.25, -0.2) is 23.1 Å². The lowest BCUT2D eigenvalue weighted by molar-refractivity contribution is 0.102. The molecule has 126 valence electrons. The zero-order valence-electron chi connectivity index (χ0n) is 12.5. The van der Waals surface area contributed by atoms with E-state index in [1.807, 2.05) is 0 Å². The highest BCUT2D eigenvalue weighted by Crippen LogP contribution is 2.21. The van der Waals surface area contributed by atoms with Crippen LogP contribution in [0, 0.1) is 17.5 Å². The molecule has 0 radical (unpaired) electrons. The predicted molar refractivity (Wildman–Crippen MR) is 82.8 cm³/mol. The van der Waals surface area contributed by atoms with Crippen molar-refractivity contribution >= 4 is 11.6 Å². The van der Waals surface area contributed by atoms with E-state index < -0.39 is 23.4 Å². The number of anilines is 1. The topological polar surface area (TPSA) is 64.1 Å². The quantitative estimate of drug-likeness (QED) is 0.778. The van der Waals surface area contributed by atoms with Gasteiger partial charge in [-0.15, -0.1) is 0 Å². The molecule has 0 unspecified atom stereocenters. The lowest BCUT2D eigenvalue weighted by Crippen LogP contribution is -2.14. The molecule has 5 nitrogen and oxygen atoms in total. The molecule has 0 bridgehead atoms. The van der Waals surface area contributed by atoms with E-state index in [9.17, 15) is 18.0 Å². The number of carbonyl (C=O) groups is 1. The number of rotatable bonds is 4. The van der Waals surface area contributed by atoms with E-state index in [2.05, 4.69) is 15.3 Å². The number of benzene rings is 2. The van der Waals surface area contributed by atoms with Gasteiger partial charge in [0.1, 0.15) is 11.6 Å². The second-order valence-electron chi connectivity index (χ2n) is 4.87. The molecule has 2 aromatic carbocycles. The monoisotopic (exact) mass is 345 g/mol. The van der Waals surface area contributed by atoms with Crippen molar-refractivity contribution in [2.24, 2.45) is 0 Å². The molecule has 0 fully saturated rings. The molecule has 1 heterocycles. The van der Waals surface area contributed by atoms with E-state index in [-0.39, 0.29) is 23.0 Å². The van der Waals surface area contributed by atoms with Crippen molar-refractivity contribution in [2.45, 2.75) is 0 Å². The number of ether oxygens (including phenoxy) is 1. The van der Waals surface area contributed by atoms with E-state index in [1.54, 1.807) is 6.07 Å². The van der Waals surface area contributed by atoms with Gasteiger partial charge in [-0.3, -0.25) is 4.79 Å². The molecule has 1 amide bonds. The Bertz CT molecular complexity index is 917. The molecule has 0 aliphatic rings. The summed E-state index contributed by atoms with van der Waals surface area (Å²) in [6.07, 6.45) is 2.42. The van der Waals surface area contributed by atoms with Crippen molar-refractivity contribution in [1.29, 1.82) is 0 Å². The predicted octanol–water partition coefficient (Wildman–Crippen LogP) is 3.94. The zero-order valence-corrected chi connectivity index (χ0v) is 12.5. The Hall–Kier alpha value is -3.42. The number of hydrogen-bond donors (Lipinski definition) is 1. The molecule has 25 heavy (non-hydrogen) atoms. The molecule has 8 heteroatoms. The molecule has 3 rings (SSSR count). The number of nitrogens with one attached hydrogen (secondary N) is 1. The van der Waals surface area contributed by atoms with Crippen LogP contribution in [0.5, 0.6) is 11.8 Å². The van der Waals surface area contributed by atoms with Gasteiger partial charge < -0.3 is 10.1 Å². The molecule has 0 aliphatic carbocycles. The van der Waals surface area contributed by atoms with Crippen molar-refractivity contribution in [3.63, 3.8) is 0 Å². The fraction of sp³-hybridized carbons (Fsp3) is 0. The molecule has 0 saturated carbocycles. The Balaban J connectivity index is 1.70. The first-order valence-electron chi connectivity index (χ1n) is 7.04. The van der Waals surface area contributed by atoms with E-state index in [4.69, 9.17) is 4.74 Å². The van der Waals surface area contributed by atoms with Gasteiger partial charge in [0, 0.05) is 6.07 Å². The van der Waals surface area contributed by atoms with E-state index in [0.717, 1.165) is 12.1 Å². The summed E-state index contributed by atoms with van der Waals surface area (Å²) in [5, 5.41) is 2.36. The third-order valence-electron chi connectivity index (χ3n) is 3.10. The average molecular weight is 345 g/mol. The number of nitrogens with zero attached hydrogens (tertiary/aromatic N) is 2. The molecule has 3 aromatic rings. The molecular weight excluding hydrogens is 335 g/mol.